The van der Waals surface area contributed by atoms with Gasteiger partial charge in [-0.3, -0.25) is 9.69 Å². The van der Waals surface area contributed by atoms with Gasteiger partial charge in [0.25, 0.3) is 0 Å². The lowest BCUT2D eigenvalue weighted by molar-refractivity contribution is -0.126. The molecule has 0 saturated carbocycles. The van der Waals surface area contributed by atoms with Crippen LogP contribution in [0.4, 0.5) is 0 Å². The molecule has 102 valence electrons. The molecule has 1 aliphatic heterocycles. The Bertz CT molecular complexity index is 316. The normalized spacial score (nSPS) is 30.3. The Balaban J connectivity index is 1.79. The van der Waals surface area contributed by atoms with Gasteiger partial charge in [-0.1, -0.05) is 12.2 Å². The molecule has 5 heteroatoms. The average molecular weight is 270 g/mol. The van der Waals surface area contributed by atoms with Crippen molar-refractivity contribution in [2.75, 3.05) is 31.2 Å². The first-order chi connectivity index (χ1) is 8.70. The fraction of sp³-hybridized carbons (Fsp3) is 0.769. The van der Waals surface area contributed by atoms with E-state index in [9.17, 15) is 4.79 Å². The van der Waals surface area contributed by atoms with Crippen LogP contribution >= 0.6 is 11.8 Å². The van der Waals surface area contributed by atoms with Crippen LogP contribution in [0.3, 0.4) is 0 Å². The van der Waals surface area contributed by atoms with Crippen molar-refractivity contribution in [1.82, 2.24) is 10.2 Å². The lowest BCUT2D eigenvalue weighted by Gasteiger charge is -2.31. The van der Waals surface area contributed by atoms with Crippen molar-refractivity contribution in [3.63, 3.8) is 0 Å². The van der Waals surface area contributed by atoms with Gasteiger partial charge < -0.3 is 10.4 Å². The van der Waals surface area contributed by atoms with Crippen molar-refractivity contribution < 1.29 is 9.90 Å². The molecule has 1 saturated heterocycles. The zero-order valence-corrected chi connectivity index (χ0v) is 11.7. The van der Waals surface area contributed by atoms with Gasteiger partial charge in [0, 0.05) is 43.2 Å². The topological polar surface area (TPSA) is 52.6 Å². The summed E-state index contributed by atoms with van der Waals surface area (Å²) < 4.78 is 0. The molecular formula is C13H22N2O2S. The van der Waals surface area contributed by atoms with Crippen molar-refractivity contribution in [2.24, 2.45) is 5.92 Å². The van der Waals surface area contributed by atoms with Crippen molar-refractivity contribution in [3.8, 4) is 0 Å². The monoisotopic (exact) mass is 270 g/mol. The Labute approximate surface area is 113 Å². The maximum absolute atomic E-state index is 12.1. The number of carbonyl (C=O) groups is 1. The second-order valence-corrected chi connectivity index (χ2v) is 6.23. The van der Waals surface area contributed by atoms with E-state index in [1.54, 1.807) is 0 Å². The molecule has 0 spiro atoms. The van der Waals surface area contributed by atoms with Crippen molar-refractivity contribution in [2.45, 2.75) is 25.4 Å². The molecule has 0 aromatic heterocycles. The third-order valence-corrected chi connectivity index (χ3v) is 4.65. The summed E-state index contributed by atoms with van der Waals surface area (Å²) >= 11 is 1.95. The Hall–Kier alpha value is -0.520. The molecule has 3 atom stereocenters. The standard InChI is InChI=1S/C13H22N2O2S/c1-10(15-4-6-18-7-5-15)13(17)14-12-3-2-11(8-12)9-16/h2-3,10-12,16H,4-9H2,1H3,(H,14,17)/t10-,11-,12+/m0/s1. The molecular weight excluding hydrogens is 248 g/mol. The molecule has 0 aromatic rings. The maximum Gasteiger partial charge on any atom is 0.237 e. The van der Waals surface area contributed by atoms with E-state index < -0.39 is 0 Å². The van der Waals surface area contributed by atoms with Gasteiger partial charge in [0.05, 0.1) is 6.04 Å². The fourth-order valence-corrected chi connectivity index (χ4v) is 3.38. The number of hydrogen-bond donors (Lipinski definition) is 2. The fourth-order valence-electron chi connectivity index (χ4n) is 2.45. The summed E-state index contributed by atoms with van der Waals surface area (Å²) in [5.74, 6) is 2.55. The lowest BCUT2D eigenvalue weighted by Crippen LogP contribution is -2.50. The molecule has 1 heterocycles. The van der Waals surface area contributed by atoms with E-state index in [4.69, 9.17) is 5.11 Å². The first kappa shape index (κ1) is 13.9. The molecule has 1 fully saturated rings. The molecule has 2 N–H and O–H groups in total. The Kier molecular flexibility index (Phi) is 5.09. The number of thioether (sulfide) groups is 1. The van der Waals surface area contributed by atoms with Gasteiger partial charge in [0.15, 0.2) is 0 Å². The second kappa shape index (κ2) is 6.59. The highest BCUT2D eigenvalue weighted by Gasteiger charge is 2.26. The highest BCUT2D eigenvalue weighted by atomic mass is 32.2. The zero-order chi connectivity index (χ0) is 13.0. The summed E-state index contributed by atoms with van der Waals surface area (Å²) in [5, 5.41) is 12.1. The number of nitrogens with one attached hydrogen (secondary N) is 1. The quantitative estimate of drug-likeness (QED) is 0.730. The van der Waals surface area contributed by atoms with E-state index in [-0.39, 0.29) is 30.5 Å². The van der Waals surface area contributed by atoms with Crippen LogP contribution in [-0.2, 0) is 4.79 Å². The summed E-state index contributed by atoms with van der Waals surface area (Å²) in [6.07, 6.45) is 4.82. The summed E-state index contributed by atoms with van der Waals surface area (Å²) in [6, 6.07) is 0.0451. The molecule has 0 aromatic carbocycles. The smallest absolute Gasteiger partial charge is 0.237 e. The largest absolute Gasteiger partial charge is 0.396 e. The van der Waals surface area contributed by atoms with E-state index in [2.05, 4.69) is 10.2 Å². The number of nitrogens with zero attached hydrogens (tertiary/aromatic N) is 1. The van der Waals surface area contributed by atoms with E-state index in [0.717, 1.165) is 31.0 Å². The van der Waals surface area contributed by atoms with Gasteiger partial charge in [-0.25, -0.2) is 0 Å². The zero-order valence-electron chi connectivity index (χ0n) is 10.8. The highest BCUT2D eigenvalue weighted by molar-refractivity contribution is 7.99. The molecule has 0 radical (unpaired) electrons. The average Bonchev–Trinajstić information content (AvgIpc) is 2.86. The molecule has 0 bridgehead atoms. The Morgan fingerprint density at radius 2 is 2.22 bits per heavy atom. The van der Waals surface area contributed by atoms with Crippen LogP contribution in [0.2, 0.25) is 0 Å². The van der Waals surface area contributed by atoms with Crippen molar-refractivity contribution in [3.05, 3.63) is 12.2 Å². The molecule has 18 heavy (non-hydrogen) atoms. The number of aliphatic hydroxyl groups is 1. The maximum atomic E-state index is 12.1. The third kappa shape index (κ3) is 3.49. The molecule has 1 amide bonds. The Morgan fingerprint density at radius 1 is 1.50 bits per heavy atom. The minimum absolute atomic E-state index is 0.0486. The predicted molar refractivity (Wildman–Crippen MR) is 74.6 cm³/mol. The van der Waals surface area contributed by atoms with Crippen molar-refractivity contribution >= 4 is 17.7 Å². The molecule has 4 nitrogen and oxygen atoms in total. The molecule has 0 unspecified atom stereocenters. The Morgan fingerprint density at radius 3 is 2.83 bits per heavy atom. The van der Waals surface area contributed by atoms with Gasteiger partial charge in [0.2, 0.25) is 5.91 Å². The van der Waals surface area contributed by atoms with Gasteiger partial charge in [-0.15, -0.1) is 0 Å². The van der Waals surface area contributed by atoms with Crippen LogP contribution in [0.15, 0.2) is 12.2 Å². The first-order valence-corrected chi connectivity index (χ1v) is 7.77. The summed E-state index contributed by atoms with van der Waals surface area (Å²) in [5.41, 5.74) is 0. The van der Waals surface area contributed by atoms with Gasteiger partial charge in [-0.05, 0) is 13.3 Å². The first-order valence-electron chi connectivity index (χ1n) is 6.62. The van der Waals surface area contributed by atoms with Crippen LogP contribution in [-0.4, -0.2) is 59.2 Å². The molecule has 1 aliphatic carbocycles. The predicted octanol–water partition coefficient (Wildman–Crippen LogP) is 0.477. The lowest BCUT2D eigenvalue weighted by atomic mass is 10.1. The minimum Gasteiger partial charge on any atom is -0.396 e. The van der Waals surface area contributed by atoms with Crippen molar-refractivity contribution in [1.29, 1.82) is 0 Å². The highest BCUT2D eigenvalue weighted by Crippen LogP contribution is 2.18. The van der Waals surface area contributed by atoms with Crippen LogP contribution in [0.5, 0.6) is 0 Å². The van der Waals surface area contributed by atoms with Gasteiger partial charge >= 0.3 is 0 Å². The van der Waals surface area contributed by atoms with Crippen LogP contribution in [0.25, 0.3) is 0 Å². The minimum atomic E-state index is -0.0486. The summed E-state index contributed by atoms with van der Waals surface area (Å²) in [4.78, 5) is 14.4. The number of carbonyl (C=O) groups excluding carboxylic acids is 1. The molecule has 2 aliphatic rings. The second-order valence-electron chi connectivity index (χ2n) is 5.00. The molecule has 2 rings (SSSR count). The van der Waals surface area contributed by atoms with Crippen LogP contribution < -0.4 is 5.32 Å². The number of amides is 1. The van der Waals surface area contributed by atoms with Crippen LogP contribution in [0.1, 0.15) is 13.3 Å². The number of rotatable bonds is 4. The van der Waals surface area contributed by atoms with E-state index >= 15 is 0 Å². The van der Waals surface area contributed by atoms with Crippen LogP contribution in [0, 0.1) is 5.92 Å². The number of aliphatic hydroxyl groups excluding tert-OH is 1. The SMILES string of the molecule is C[C@@H](C(=O)N[C@@H]1C=C[C@H](CO)C1)N1CCSCC1. The summed E-state index contributed by atoms with van der Waals surface area (Å²) in [7, 11) is 0. The summed E-state index contributed by atoms with van der Waals surface area (Å²) in [6.45, 7) is 4.15. The third-order valence-electron chi connectivity index (χ3n) is 3.71. The van der Waals surface area contributed by atoms with E-state index in [1.165, 1.54) is 0 Å². The van der Waals surface area contributed by atoms with Gasteiger partial charge in [0.1, 0.15) is 0 Å². The van der Waals surface area contributed by atoms with E-state index in [0.29, 0.717) is 0 Å². The van der Waals surface area contributed by atoms with Gasteiger partial charge in [-0.2, -0.15) is 11.8 Å². The van der Waals surface area contributed by atoms with E-state index in [1.807, 2.05) is 30.8 Å². The number of hydrogen-bond acceptors (Lipinski definition) is 4.